The fourth-order valence-corrected chi connectivity index (χ4v) is 2.93. The van der Waals surface area contributed by atoms with Crippen molar-refractivity contribution in [2.45, 2.75) is 16.2 Å². The van der Waals surface area contributed by atoms with Gasteiger partial charge in [-0.15, -0.1) is 0 Å². The molecule has 0 aromatic heterocycles. The van der Waals surface area contributed by atoms with Crippen LogP contribution in [0.4, 0.5) is 5.69 Å². The van der Waals surface area contributed by atoms with Gasteiger partial charge in [-0.05, 0) is 23.8 Å². The van der Waals surface area contributed by atoms with Crippen molar-refractivity contribution in [1.29, 1.82) is 0 Å². The van der Waals surface area contributed by atoms with Gasteiger partial charge in [-0.3, -0.25) is 4.79 Å². The van der Waals surface area contributed by atoms with Crippen molar-refractivity contribution in [3.63, 3.8) is 0 Å². The third-order valence-electron chi connectivity index (χ3n) is 2.66. The number of carboxylic acids is 1. The van der Waals surface area contributed by atoms with E-state index in [-0.39, 0.29) is 12.1 Å². The van der Waals surface area contributed by atoms with Crippen LogP contribution in [0.5, 0.6) is 0 Å². The molecule has 0 spiro atoms. The zero-order chi connectivity index (χ0) is 13.8. The Labute approximate surface area is 113 Å². The highest BCUT2D eigenvalue weighted by Crippen LogP contribution is 2.25. The molecule has 4 nitrogen and oxygen atoms in total. The lowest BCUT2D eigenvalue weighted by Crippen LogP contribution is -2.07. The number of nitrogen functional groups attached to an aromatic ring is 1. The smallest absolute Gasteiger partial charge is 0.307 e. The first-order valence-corrected chi connectivity index (χ1v) is 6.80. The quantitative estimate of drug-likeness (QED) is 0.837. The number of rotatable bonds is 4. The van der Waals surface area contributed by atoms with E-state index in [0.717, 1.165) is 0 Å². The van der Waals surface area contributed by atoms with Gasteiger partial charge in [0.2, 0.25) is 0 Å². The Morgan fingerprint density at radius 1 is 1.11 bits per heavy atom. The molecule has 0 radical (unpaired) electrons. The van der Waals surface area contributed by atoms with Crippen LogP contribution in [0.2, 0.25) is 0 Å². The van der Waals surface area contributed by atoms with Crippen LogP contribution in [0.3, 0.4) is 0 Å². The van der Waals surface area contributed by atoms with E-state index in [0.29, 0.717) is 15.4 Å². The van der Waals surface area contributed by atoms with Gasteiger partial charge in [0.05, 0.1) is 27.8 Å². The van der Waals surface area contributed by atoms with Crippen molar-refractivity contribution in [2.24, 2.45) is 0 Å². The van der Waals surface area contributed by atoms with Crippen LogP contribution >= 0.6 is 0 Å². The largest absolute Gasteiger partial charge is 0.481 e. The van der Waals surface area contributed by atoms with Gasteiger partial charge < -0.3 is 10.8 Å². The molecule has 0 aliphatic carbocycles. The monoisotopic (exact) mass is 275 g/mol. The molecule has 0 bridgehead atoms. The van der Waals surface area contributed by atoms with E-state index < -0.39 is 16.8 Å². The van der Waals surface area contributed by atoms with Gasteiger partial charge in [0.25, 0.3) is 0 Å². The third-order valence-corrected chi connectivity index (χ3v) is 4.11. The molecule has 1 unspecified atom stereocenters. The number of aliphatic carboxylic acids is 1. The average molecular weight is 275 g/mol. The molecule has 5 heteroatoms. The minimum absolute atomic E-state index is 0.175. The van der Waals surface area contributed by atoms with E-state index in [1.54, 1.807) is 42.5 Å². The summed E-state index contributed by atoms with van der Waals surface area (Å²) < 4.78 is 12.4. The van der Waals surface area contributed by atoms with E-state index in [1.165, 1.54) is 0 Å². The maximum absolute atomic E-state index is 12.4. The summed E-state index contributed by atoms with van der Waals surface area (Å²) in [5.74, 6) is -0.964. The molecule has 0 heterocycles. The second-order valence-corrected chi connectivity index (χ2v) is 5.43. The first-order chi connectivity index (χ1) is 9.09. The molecular formula is C14H13NO3S. The molecule has 98 valence electrons. The third kappa shape index (κ3) is 3.00. The van der Waals surface area contributed by atoms with E-state index in [4.69, 9.17) is 10.8 Å². The van der Waals surface area contributed by atoms with Crippen molar-refractivity contribution in [3.8, 4) is 0 Å². The van der Waals surface area contributed by atoms with Crippen molar-refractivity contribution in [3.05, 3.63) is 54.1 Å². The number of hydrogen-bond acceptors (Lipinski definition) is 3. The second kappa shape index (κ2) is 5.67. The topological polar surface area (TPSA) is 80.4 Å². The molecule has 0 fully saturated rings. The summed E-state index contributed by atoms with van der Waals surface area (Å²) >= 11 is 0. The van der Waals surface area contributed by atoms with Crippen LogP contribution in [0.25, 0.3) is 0 Å². The molecule has 0 amide bonds. The van der Waals surface area contributed by atoms with Crippen LogP contribution in [-0.4, -0.2) is 15.3 Å². The van der Waals surface area contributed by atoms with Gasteiger partial charge in [-0.25, -0.2) is 4.21 Å². The fraction of sp³-hybridized carbons (Fsp3) is 0.0714. The summed E-state index contributed by atoms with van der Waals surface area (Å²) in [6.45, 7) is 0. The highest BCUT2D eigenvalue weighted by Gasteiger charge is 2.14. The predicted molar refractivity (Wildman–Crippen MR) is 73.3 cm³/mol. The Morgan fingerprint density at radius 3 is 2.42 bits per heavy atom. The lowest BCUT2D eigenvalue weighted by atomic mass is 10.1. The van der Waals surface area contributed by atoms with Crippen molar-refractivity contribution in [2.75, 3.05) is 5.73 Å². The Balaban J connectivity index is 2.41. The average Bonchev–Trinajstić information content (AvgIpc) is 2.41. The van der Waals surface area contributed by atoms with Crippen LogP contribution in [0.15, 0.2) is 58.3 Å². The van der Waals surface area contributed by atoms with Crippen molar-refractivity contribution in [1.82, 2.24) is 0 Å². The van der Waals surface area contributed by atoms with Crippen LogP contribution in [-0.2, 0) is 22.0 Å². The number of anilines is 1. The number of nitrogens with two attached hydrogens (primary N) is 1. The first-order valence-electron chi connectivity index (χ1n) is 5.65. The lowest BCUT2D eigenvalue weighted by Gasteiger charge is -2.09. The molecule has 1 atom stereocenters. The molecule has 0 saturated heterocycles. The van der Waals surface area contributed by atoms with Gasteiger partial charge in [-0.1, -0.05) is 30.3 Å². The van der Waals surface area contributed by atoms with Gasteiger partial charge in [0.1, 0.15) is 0 Å². The molecule has 0 saturated carbocycles. The summed E-state index contributed by atoms with van der Waals surface area (Å²) in [4.78, 5) is 11.8. The van der Waals surface area contributed by atoms with E-state index >= 15 is 0 Å². The van der Waals surface area contributed by atoms with Crippen LogP contribution < -0.4 is 5.73 Å². The summed E-state index contributed by atoms with van der Waals surface area (Å²) in [7, 11) is -1.40. The lowest BCUT2D eigenvalue weighted by molar-refractivity contribution is -0.136. The van der Waals surface area contributed by atoms with Crippen LogP contribution in [0.1, 0.15) is 5.56 Å². The molecule has 2 aromatic carbocycles. The van der Waals surface area contributed by atoms with E-state index in [9.17, 15) is 9.00 Å². The first kappa shape index (κ1) is 13.3. The highest BCUT2D eigenvalue weighted by atomic mass is 32.2. The van der Waals surface area contributed by atoms with Crippen LogP contribution in [0, 0.1) is 0 Å². The normalized spacial score (nSPS) is 12.0. The molecule has 0 aliphatic rings. The summed E-state index contributed by atoms with van der Waals surface area (Å²) in [5, 5.41) is 8.81. The molecule has 3 N–H and O–H groups in total. The number of carbonyl (C=O) groups is 1. The molecule has 19 heavy (non-hydrogen) atoms. The molecule has 2 rings (SSSR count). The molecule has 2 aromatic rings. The fourth-order valence-electron chi connectivity index (χ4n) is 1.74. The summed E-state index contributed by atoms with van der Waals surface area (Å²) in [6, 6.07) is 13.9. The van der Waals surface area contributed by atoms with Gasteiger partial charge in [0, 0.05) is 4.90 Å². The highest BCUT2D eigenvalue weighted by molar-refractivity contribution is 7.85. The minimum Gasteiger partial charge on any atom is -0.481 e. The molecular weight excluding hydrogens is 262 g/mol. The van der Waals surface area contributed by atoms with E-state index in [2.05, 4.69) is 0 Å². The zero-order valence-electron chi connectivity index (χ0n) is 10.1. The molecule has 0 aliphatic heterocycles. The Morgan fingerprint density at radius 2 is 1.79 bits per heavy atom. The number of carboxylic acid groups (broad SMARTS) is 1. The number of para-hydroxylation sites is 1. The maximum Gasteiger partial charge on any atom is 0.307 e. The van der Waals surface area contributed by atoms with E-state index in [1.807, 2.05) is 6.07 Å². The second-order valence-electron chi connectivity index (χ2n) is 3.98. The Hall–Kier alpha value is -2.14. The summed E-state index contributed by atoms with van der Waals surface area (Å²) in [5.41, 5.74) is 6.68. The van der Waals surface area contributed by atoms with Gasteiger partial charge in [0.15, 0.2) is 0 Å². The van der Waals surface area contributed by atoms with Crippen molar-refractivity contribution < 1.29 is 14.1 Å². The zero-order valence-corrected chi connectivity index (χ0v) is 10.9. The van der Waals surface area contributed by atoms with Gasteiger partial charge >= 0.3 is 5.97 Å². The number of benzene rings is 2. The van der Waals surface area contributed by atoms with Crippen molar-refractivity contribution >= 4 is 22.5 Å². The van der Waals surface area contributed by atoms with Gasteiger partial charge in [-0.2, -0.15) is 0 Å². The standard InChI is InChI=1S/C14H13NO3S/c15-14-10(9-13(16)17)5-4-8-12(14)19(18)11-6-2-1-3-7-11/h1-8H,9,15H2,(H,16,17). The summed E-state index contributed by atoms with van der Waals surface area (Å²) in [6.07, 6.45) is -0.175. The minimum atomic E-state index is -1.40. The maximum atomic E-state index is 12.4. The predicted octanol–water partition coefficient (Wildman–Crippen LogP) is 2.06. The number of hydrogen-bond donors (Lipinski definition) is 2. The Kier molecular flexibility index (Phi) is 3.97. The Bertz CT molecular complexity index is 626. The SMILES string of the molecule is Nc1c(CC(=O)O)cccc1S(=O)c1ccccc1.